The molecule has 3 heterocycles. The molecule has 22 heteroatoms. The van der Waals surface area contributed by atoms with Gasteiger partial charge in [-0.3, -0.25) is 14.1 Å². The average Bonchev–Trinajstić information content (AvgIpc) is 2.93. The van der Waals surface area contributed by atoms with Crippen molar-refractivity contribution < 1.29 is 93.0 Å². The minimum Gasteiger partial charge on any atom is -0.394 e. The molecule has 0 aliphatic carbocycles. The lowest BCUT2D eigenvalue weighted by Crippen LogP contribution is -2.69. The van der Waals surface area contributed by atoms with E-state index in [9.17, 15) is 64.8 Å². The van der Waals surface area contributed by atoms with Crippen LogP contribution < -0.4 is 10.6 Å². The van der Waals surface area contributed by atoms with Crippen LogP contribution in [0.5, 0.6) is 0 Å². The number of carbonyl (C=O) groups excluding carboxylic acids is 2. The van der Waals surface area contributed by atoms with Crippen LogP contribution in [0.15, 0.2) is 0 Å². The topological polar surface area (TPSA) is 333 Å². The Morgan fingerprint density at radius 2 is 1.14 bits per heavy atom. The summed E-state index contributed by atoms with van der Waals surface area (Å²) in [5.41, 5.74) is 0. The summed E-state index contributed by atoms with van der Waals surface area (Å²) in [6.07, 6.45) is -23.1. The number of aliphatic hydroxyl groups is 8. The highest BCUT2D eigenvalue weighted by Gasteiger charge is 2.55. The predicted molar refractivity (Wildman–Crippen MR) is 135 cm³/mol. The second kappa shape index (κ2) is 15.4. The molecule has 12 N–H and O–H groups in total. The van der Waals surface area contributed by atoms with Crippen LogP contribution in [0.25, 0.3) is 0 Å². The fourth-order valence-corrected chi connectivity index (χ4v) is 5.71. The molecule has 3 aliphatic rings. The summed E-state index contributed by atoms with van der Waals surface area (Å²) < 4.78 is 43.7. The van der Waals surface area contributed by atoms with E-state index in [2.05, 4.69) is 15.2 Å². The number of amides is 2. The van der Waals surface area contributed by atoms with Gasteiger partial charge in [-0.15, -0.1) is 0 Å². The third kappa shape index (κ3) is 8.66. The van der Waals surface area contributed by atoms with E-state index >= 15 is 0 Å². The summed E-state index contributed by atoms with van der Waals surface area (Å²) in [6, 6.07) is -3.15. The van der Waals surface area contributed by atoms with Gasteiger partial charge in [0.05, 0.1) is 19.8 Å². The lowest BCUT2D eigenvalue weighted by atomic mass is 9.94. The minimum atomic E-state index is -5.32. The van der Waals surface area contributed by atoms with E-state index in [1.165, 1.54) is 0 Å². The Morgan fingerprint density at radius 1 is 0.659 bits per heavy atom. The highest BCUT2D eigenvalue weighted by Crippen LogP contribution is 2.42. The van der Waals surface area contributed by atoms with Gasteiger partial charge in [0.1, 0.15) is 73.1 Å². The molecule has 256 valence electrons. The minimum absolute atomic E-state index is 0.679. The molecule has 0 bridgehead atoms. The normalized spacial score (nSPS) is 43.3. The van der Waals surface area contributed by atoms with Crippen LogP contribution in [0.2, 0.25) is 0 Å². The van der Waals surface area contributed by atoms with Crippen molar-refractivity contribution in [3.8, 4) is 0 Å². The van der Waals surface area contributed by atoms with Crippen LogP contribution in [0.4, 0.5) is 0 Å². The lowest BCUT2D eigenvalue weighted by molar-refractivity contribution is -0.364. The van der Waals surface area contributed by atoms with Gasteiger partial charge >= 0.3 is 7.82 Å². The smallest absolute Gasteiger partial charge is 0.394 e. The summed E-state index contributed by atoms with van der Waals surface area (Å²) in [5, 5.41) is 87.2. The lowest BCUT2D eigenvalue weighted by Gasteiger charge is -2.49. The summed E-state index contributed by atoms with van der Waals surface area (Å²) in [5.74, 6) is -1.48. The maximum absolute atomic E-state index is 11.9. The zero-order valence-corrected chi connectivity index (χ0v) is 24.3. The van der Waals surface area contributed by atoms with Crippen molar-refractivity contribution in [1.82, 2.24) is 10.6 Å². The largest absolute Gasteiger partial charge is 0.470 e. The van der Waals surface area contributed by atoms with Crippen LogP contribution in [-0.4, -0.2) is 174 Å². The monoisotopic (exact) mass is 666 g/mol. The van der Waals surface area contributed by atoms with Crippen LogP contribution in [0.3, 0.4) is 0 Å². The maximum Gasteiger partial charge on any atom is 0.470 e. The molecule has 0 aromatic carbocycles. The molecule has 15 atom stereocenters. The van der Waals surface area contributed by atoms with Crippen molar-refractivity contribution in [1.29, 1.82) is 0 Å². The molecule has 0 aromatic rings. The van der Waals surface area contributed by atoms with E-state index in [0.29, 0.717) is 0 Å². The van der Waals surface area contributed by atoms with Gasteiger partial charge < -0.3 is 85.0 Å². The molecule has 0 unspecified atom stereocenters. The zero-order chi connectivity index (χ0) is 33.1. The molecule has 3 rings (SSSR count). The van der Waals surface area contributed by atoms with Gasteiger partial charge in [0, 0.05) is 13.8 Å². The number of phosphoric acid groups is 1. The Bertz CT molecular complexity index is 1020. The van der Waals surface area contributed by atoms with Crippen molar-refractivity contribution in [2.24, 2.45) is 0 Å². The van der Waals surface area contributed by atoms with Gasteiger partial charge in [-0.25, -0.2) is 4.57 Å². The number of aliphatic hydroxyl groups excluding tert-OH is 8. The Balaban J connectivity index is 1.86. The summed E-state index contributed by atoms with van der Waals surface area (Å²) in [4.78, 5) is 42.3. The maximum atomic E-state index is 11.9. The van der Waals surface area contributed by atoms with E-state index in [1.807, 2.05) is 0 Å². The summed E-state index contributed by atoms with van der Waals surface area (Å²) >= 11 is 0. The van der Waals surface area contributed by atoms with Gasteiger partial charge in [0.15, 0.2) is 18.9 Å². The van der Waals surface area contributed by atoms with E-state index in [1.54, 1.807) is 0 Å². The van der Waals surface area contributed by atoms with Crippen molar-refractivity contribution in [3.05, 3.63) is 0 Å². The number of hydrogen-bond acceptors (Lipinski definition) is 17. The number of rotatable bonds is 11. The van der Waals surface area contributed by atoms with Crippen molar-refractivity contribution >= 4 is 19.6 Å². The average molecular weight is 667 g/mol. The Labute approximate surface area is 249 Å². The first-order chi connectivity index (χ1) is 20.5. The van der Waals surface area contributed by atoms with E-state index < -0.39 is 131 Å². The summed E-state index contributed by atoms with van der Waals surface area (Å²) in [6.45, 7) is -0.555. The molecule has 3 fully saturated rings. The Morgan fingerprint density at radius 3 is 1.66 bits per heavy atom. The van der Waals surface area contributed by atoms with Crippen molar-refractivity contribution in [3.63, 3.8) is 0 Å². The number of phosphoric ester groups is 1. The Hall–Kier alpha value is -1.47. The molecule has 0 saturated carbocycles. The van der Waals surface area contributed by atoms with Gasteiger partial charge in [0.25, 0.3) is 0 Å². The van der Waals surface area contributed by atoms with E-state index in [-0.39, 0.29) is 0 Å². The standard InChI is InChI=1S/C22H39N2O19P/c1-6(28)23-11-18(13(30)8(3-25)38-20(11)34)42-22-16(33)15(32)17(10(5-27)40-22)41-21-12(24-7(2)29)19(43-44(35,36)37)14(31)9(4-26)39-21/h8-22,25-27,30-34H,3-5H2,1-2H3,(H,23,28)(H,24,29)(H2,35,36,37)/t8-,9-,10-,11-,12-,13+,14+,15-,16-,17-,18-,19-,20-,21+,22+/m1/s1. The number of carbonyl (C=O) groups is 2. The van der Waals surface area contributed by atoms with Crippen LogP contribution in [-0.2, 0) is 42.4 Å². The van der Waals surface area contributed by atoms with Gasteiger partial charge in [0.2, 0.25) is 11.8 Å². The fraction of sp³-hybridized carbons (Fsp3) is 0.909. The second-order valence-corrected chi connectivity index (χ2v) is 11.6. The summed E-state index contributed by atoms with van der Waals surface area (Å²) in [7, 11) is -5.32. The first-order valence-corrected chi connectivity index (χ1v) is 14.8. The number of nitrogens with one attached hydrogen (secondary N) is 2. The molecule has 21 nitrogen and oxygen atoms in total. The molecule has 0 radical (unpaired) electrons. The fourth-order valence-electron chi connectivity index (χ4n) is 5.13. The Kier molecular flexibility index (Phi) is 13.0. The quantitative estimate of drug-likeness (QED) is 0.0911. The van der Waals surface area contributed by atoms with Crippen LogP contribution in [0, 0.1) is 0 Å². The molecule has 44 heavy (non-hydrogen) atoms. The molecule has 2 amide bonds. The zero-order valence-electron chi connectivity index (χ0n) is 23.4. The molecule has 0 aromatic heterocycles. The van der Waals surface area contributed by atoms with Crippen LogP contribution in [0.1, 0.15) is 13.8 Å². The molecule has 3 saturated heterocycles. The predicted octanol–water partition coefficient (Wildman–Crippen LogP) is -7.17. The third-order valence-corrected chi connectivity index (χ3v) is 7.65. The third-order valence-electron chi connectivity index (χ3n) is 7.13. The van der Waals surface area contributed by atoms with E-state index in [4.69, 9.17) is 23.7 Å². The van der Waals surface area contributed by atoms with Crippen molar-refractivity contribution in [2.45, 2.75) is 106 Å². The first-order valence-electron chi connectivity index (χ1n) is 13.3. The highest BCUT2D eigenvalue weighted by atomic mass is 31.2. The van der Waals surface area contributed by atoms with Gasteiger partial charge in [-0.1, -0.05) is 0 Å². The number of hydrogen-bond donors (Lipinski definition) is 12. The number of ether oxygens (including phenoxy) is 5. The molecular formula is C22H39N2O19P. The first kappa shape index (κ1) is 37.0. The van der Waals surface area contributed by atoms with Crippen molar-refractivity contribution in [2.75, 3.05) is 19.8 Å². The molecule has 3 aliphatic heterocycles. The SMILES string of the molecule is CC(=O)N[C@@H]1[C@@H](O[C@@H]2O[C@H](CO)[C@@H](O[C@@H]3O[C@H](CO)[C@H](O)[C@H](OP(=O)(O)O)[C@H]3NC(C)=O)[C@H](O)[C@H]2O)[C@@H](O)[C@@H](CO)O[C@H]1O. The van der Waals surface area contributed by atoms with Gasteiger partial charge in [-0.2, -0.15) is 0 Å². The van der Waals surface area contributed by atoms with Crippen LogP contribution >= 0.6 is 7.82 Å². The van der Waals surface area contributed by atoms with Gasteiger partial charge in [-0.05, 0) is 0 Å². The second-order valence-electron chi connectivity index (χ2n) is 10.4. The van der Waals surface area contributed by atoms with E-state index in [0.717, 1.165) is 13.8 Å². The molecule has 0 spiro atoms. The highest BCUT2D eigenvalue weighted by molar-refractivity contribution is 7.46. The molecular weight excluding hydrogens is 627 g/mol.